The summed E-state index contributed by atoms with van der Waals surface area (Å²) in [6.07, 6.45) is 1.75. The molecule has 1 aromatic rings. The van der Waals surface area contributed by atoms with E-state index in [0.717, 1.165) is 11.3 Å². The van der Waals surface area contributed by atoms with Crippen LogP contribution in [0.5, 0.6) is 0 Å². The van der Waals surface area contributed by atoms with Crippen molar-refractivity contribution < 1.29 is 9.59 Å². The highest BCUT2D eigenvalue weighted by molar-refractivity contribution is 5.94. The van der Waals surface area contributed by atoms with Gasteiger partial charge in [0.25, 0.3) is 0 Å². The minimum absolute atomic E-state index is 0.0184. The van der Waals surface area contributed by atoms with Gasteiger partial charge in [-0.05, 0) is 24.5 Å². The highest BCUT2D eigenvalue weighted by Crippen LogP contribution is 2.13. The van der Waals surface area contributed by atoms with Gasteiger partial charge in [-0.25, -0.2) is 0 Å². The number of aryl methyl sites for hydroxylation is 1. The summed E-state index contributed by atoms with van der Waals surface area (Å²) in [4.78, 5) is 29.7. The first kappa shape index (κ1) is 13.5. The van der Waals surface area contributed by atoms with Gasteiger partial charge in [0.2, 0.25) is 11.8 Å². The maximum Gasteiger partial charge on any atom is 0.246 e. The molecule has 0 aliphatic carbocycles. The number of carbonyl (C=O) groups is 2. The molecule has 0 spiro atoms. The van der Waals surface area contributed by atoms with Crippen LogP contribution in [-0.2, 0) is 16.1 Å². The van der Waals surface area contributed by atoms with Crippen molar-refractivity contribution in [2.75, 3.05) is 6.54 Å². The van der Waals surface area contributed by atoms with Crippen LogP contribution in [0.25, 0.3) is 0 Å². The van der Waals surface area contributed by atoms with Crippen molar-refractivity contribution in [2.45, 2.75) is 33.4 Å². The Bertz CT molecular complexity index is 482. The van der Waals surface area contributed by atoms with Gasteiger partial charge in [-0.1, -0.05) is 19.9 Å². The Balaban J connectivity index is 2.12. The first-order chi connectivity index (χ1) is 8.97. The summed E-state index contributed by atoms with van der Waals surface area (Å²) < 4.78 is 0. The summed E-state index contributed by atoms with van der Waals surface area (Å²) >= 11 is 0. The minimum Gasteiger partial charge on any atom is -0.343 e. The summed E-state index contributed by atoms with van der Waals surface area (Å²) in [6, 6.07) is 3.43. The van der Waals surface area contributed by atoms with E-state index < -0.39 is 6.04 Å². The van der Waals surface area contributed by atoms with E-state index in [-0.39, 0.29) is 24.3 Å². The van der Waals surface area contributed by atoms with Gasteiger partial charge in [0, 0.05) is 18.4 Å². The second kappa shape index (κ2) is 5.38. The van der Waals surface area contributed by atoms with Crippen molar-refractivity contribution in [3.05, 3.63) is 29.6 Å². The standard InChI is InChI=1S/C14H19N3O2/c1-9(2)13-14(19)17(8-12(18)16-13)7-11-5-4-10(3)15-6-11/h4-6,9,13H,7-8H2,1-3H3,(H,16,18). The SMILES string of the molecule is Cc1ccc(CN2CC(=O)NC(C(C)C)C2=O)cn1. The summed E-state index contributed by atoms with van der Waals surface area (Å²) in [5.41, 5.74) is 1.88. The average molecular weight is 261 g/mol. The van der Waals surface area contributed by atoms with Gasteiger partial charge in [0.1, 0.15) is 6.04 Å². The number of aromatic nitrogens is 1. The molecule has 1 fully saturated rings. The molecule has 0 radical (unpaired) electrons. The van der Waals surface area contributed by atoms with Crippen molar-refractivity contribution >= 4 is 11.8 Å². The van der Waals surface area contributed by atoms with Crippen molar-refractivity contribution in [1.29, 1.82) is 0 Å². The van der Waals surface area contributed by atoms with Crippen LogP contribution < -0.4 is 5.32 Å². The van der Waals surface area contributed by atoms with E-state index >= 15 is 0 Å². The van der Waals surface area contributed by atoms with Gasteiger partial charge in [0.05, 0.1) is 6.54 Å². The van der Waals surface area contributed by atoms with Crippen LogP contribution in [0.3, 0.4) is 0 Å². The van der Waals surface area contributed by atoms with Crippen LogP contribution in [0.2, 0.25) is 0 Å². The molecule has 2 heterocycles. The molecule has 1 aliphatic rings. The lowest BCUT2D eigenvalue weighted by Crippen LogP contribution is -2.59. The molecular weight excluding hydrogens is 242 g/mol. The van der Waals surface area contributed by atoms with Gasteiger partial charge in [-0.3, -0.25) is 14.6 Å². The van der Waals surface area contributed by atoms with Crippen LogP contribution in [0.4, 0.5) is 0 Å². The number of pyridine rings is 1. The molecule has 1 atom stereocenters. The van der Waals surface area contributed by atoms with E-state index in [4.69, 9.17) is 0 Å². The Morgan fingerprint density at radius 2 is 2.16 bits per heavy atom. The van der Waals surface area contributed by atoms with Crippen molar-refractivity contribution in [3.63, 3.8) is 0 Å². The predicted molar refractivity (Wildman–Crippen MR) is 71.2 cm³/mol. The Morgan fingerprint density at radius 1 is 1.42 bits per heavy atom. The van der Waals surface area contributed by atoms with Crippen LogP contribution in [0.15, 0.2) is 18.3 Å². The number of amides is 2. The second-order valence-corrected chi connectivity index (χ2v) is 5.29. The summed E-state index contributed by atoms with van der Waals surface area (Å²) in [5.74, 6) is -0.0241. The van der Waals surface area contributed by atoms with Crippen molar-refractivity contribution in [1.82, 2.24) is 15.2 Å². The number of nitrogens with zero attached hydrogens (tertiary/aromatic N) is 2. The van der Waals surface area contributed by atoms with Gasteiger partial charge < -0.3 is 10.2 Å². The maximum absolute atomic E-state index is 12.3. The van der Waals surface area contributed by atoms with E-state index in [1.165, 1.54) is 0 Å². The number of carbonyl (C=O) groups excluding carboxylic acids is 2. The van der Waals surface area contributed by atoms with Gasteiger partial charge in [-0.15, -0.1) is 0 Å². The average Bonchev–Trinajstić information content (AvgIpc) is 2.35. The minimum atomic E-state index is -0.417. The largest absolute Gasteiger partial charge is 0.343 e. The Hall–Kier alpha value is -1.91. The normalized spacial score (nSPS) is 19.8. The summed E-state index contributed by atoms with van der Waals surface area (Å²) in [6.45, 7) is 6.33. The summed E-state index contributed by atoms with van der Waals surface area (Å²) in [5, 5.41) is 2.74. The second-order valence-electron chi connectivity index (χ2n) is 5.29. The fraction of sp³-hybridized carbons (Fsp3) is 0.500. The Labute approximate surface area is 113 Å². The first-order valence-corrected chi connectivity index (χ1v) is 6.47. The molecule has 5 heteroatoms. The van der Waals surface area contributed by atoms with Crippen LogP contribution >= 0.6 is 0 Å². The monoisotopic (exact) mass is 261 g/mol. The van der Waals surface area contributed by atoms with Crippen LogP contribution in [0, 0.1) is 12.8 Å². The number of nitrogens with one attached hydrogen (secondary N) is 1. The van der Waals surface area contributed by atoms with E-state index in [9.17, 15) is 9.59 Å². The smallest absolute Gasteiger partial charge is 0.246 e. The van der Waals surface area contributed by atoms with Crippen molar-refractivity contribution in [2.24, 2.45) is 5.92 Å². The van der Waals surface area contributed by atoms with E-state index in [0.29, 0.717) is 6.54 Å². The fourth-order valence-corrected chi connectivity index (χ4v) is 2.13. The topological polar surface area (TPSA) is 62.3 Å². The van der Waals surface area contributed by atoms with Crippen LogP contribution in [0.1, 0.15) is 25.1 Å². The quantitative estimate of drug-likeness (QED) is 0.878. The molecule has 2 rings (SSSR count). The highest BCUT2D eigenvalue weighted by Gasteiger charge is 2.34. The van der Waals surface area contributed by atoms with E-state index in [1.54, 1.807) is 11.1 Å². The molecule has 1 aromatic heterocycles. The molecule has 1 N–H and O–H groups in total. The predicted octanol–water partition coefficient (Wildman–Crippen LogP) is 0.873. The third kappa shape index (κ3) is 3.10. The van der Waals surface area contributed by atoms with E-state index in [2.05, 4.69) is 10.3 Å². The molecule has 5 nitrogen and oxygen atoms in total. The molecule has 102 valence electrons. The zero-order chi connectivity index (χ0) is 14.0. The molecule has 0 bridgehead atoms. The lowest BCUT2D eigenvalue weighted by atomic mass is 10.0. The van der Waals surface area contributed by atoms with Gasteiger partial charge in [0.15, 0.2) is 0 Å². The van der Waals surface area contributed by atoms with E-state index in [1.807, 2.05) is 32.9 Å². The molecule has 0 saturated carbocycles. The molecule has 2 amide bonds. The van der Waals surface area contributed by atoms with Crippen LogP contribution in [-0.4, -0.2) is 34.3 Å². The molecule has 1 saturated heterocycles. The number of rotatable bonds is 3. The Kier molecular flexibility index (Phi) is 3.83. The van der Waals surface area contributed by atoms with Gasteiger partial charge in [-0.2, -0.15) is 0 Å². The highest BCUT2D eigenvalue weighted by atomic mass is 16.2. The Morgan fingerprint density at radius 3 is 2.74 bits per heavy atom. The third-order valence-corrected chi connectivity index (χ3v) is 3.24. The lowest BCUT2D eigenvalue weighted by Gasteiger charge is -2.34. The molecule has 0 aromatic carbocycles. The first-order valence-electron chi connectivity index (χ1n) is 6.47. The zero-order valence-electron chi connectivity index (χ0n) is 11.5. The fourth-order valence-electron chi connectivity index (χ4n) is 2.13. The number of hydrogen-bond acceptors (Lipinski definition) is 3. The van der Waals surface area contributed by atoms with Gasteiger partial charge >= 0.3 is 0 Å². The molecule has 1 unspecified atom stereocenters. The molecule has 1 aliphatic heterocycles. The lowest BCUT2D eigenvalue weighted by molar-refractivity contribution is -0.146. The number of hydrogen-bond donors (Lipinski definition) is 1. The maximum atomic E-state index is 12.3. The van der Waals surface area contributed by atoms with Crippen molar-refractivity contribution in [3.8, 4) is 0 Å². The molecular formula is C14H19N3O2. The third-order valence-electron chi connectivity index (χ3n) is 3.24. The molecule has 19 heavy (non-hydrogen) atoms. The zero-order valence-corrected chi connectivity index (χ0v) is 11.5. The summed E-state index contributed by atoms with van der Waals surface area (Å²) in [7, 11) is 0. The number of piperazine rings is 1.